The fourth-order valence-electron chi connectivity index (χ4n) is 3.50. The number of carbonyl (C=O) groups is 3. The van der Waals surface area contributed by atoms with E-state index in [2.05, 4.69) is 10.6 Å². The minimum absolute atomic E-state index is 0.00319. The summed E-state index contributed by atoms with van der Waals surface area (Å²) in [6.07, 6.45) is 2.94. The van der Waals surface area contributed by atoms with Gasteiger partial charge in [0.05, 0.1) is 19.3 Å². The van der Waals surface area contributed by atoms with Crippen LogP contribution in [0.1, 0.15) is 28.9 Å². The maximum absolute atomic E-state index is 12.7. The van der Waals surface area contributed by atoms with Gasteiger partial charge in [0.15, 0.2) is 6.61 Å². The molecule has 1 aromatic heterocycles. The molecule has 1 saturated heterocycles. The van der Waals surface area contributed by atoms with Crippen LogP contribution in [0.15, 0.2) is 35.4 Å². The average molecular weight is 493 g/mol. The number of aromatic nitrogens is 1. The first kappa shape index (κ1) is 25.2. The molecule has 0 unspecified atom stereocenters. The van der Waals surface area contributed by atoms with Crippen LogP contribution >= 0.6 is 0 Å². The quantitative estimate of drug-likeness (QED) is 0.499. The number of sulfonamides is 1. The first-order valence-corrected chi connectivity index (χ1v) is 12.1. The van der Waals surface area contributed by atoms with Crippen molar-refractivity contribution >= 4 is 33.5 Å². The van der Waals surface area contributed by atoms with Gasteiger partial charge >= 0.3 is 5.97 Å². The van der Waals surface area contributed by atoms with Gasteiger partial charge in [-0.3, -0.25) is 9.59 Å². The van der Waals surface area contributed by atoms with Crippen molar-refractivity contribution in [3.05, 3.63) is 41.7 Å². The molecule has 3 rings (SSSR count). The molecule has 2 heterocycles. The maximum atomic E-state index is 12.7. The largest absolute Gasteiger partial charge is 0.495 e. The van der Waals surface area contributed by atoms with E-state index in [0.717, 1.165) is 18.4 Å². The van der Waals surface area contributed by atoms with Gasteiger partial charge < -0.3 is 24.7 Å². The fourth-order valence-corrected chi connectivity index (χ4v) is 5.09. The number of ether oxygens (including phenoxy) is 2. The van der Waals surface area contributed by atoms with Crippen molar-refractivity contribution in [2.75, 3.05) is 38.7 Å². The summed E-state index contributed by atoms with van der Waals surface area (Å²) < 4.78 is 38.3. The van der Waals surface area contributed by atoms with Crippen molar-refractivity contribution in [2.45, 2.75) is 24.7 Å². The summed E-state index contributed by atoms with van der Waals surface area (Å²) in [4.78, 5) is 36.6. The summed E-state index contributed by atoms with van der Waals surface area (Å²) in [5.74, 6) is -1.54. The summed E-state index contributed by atoms with van der Waals surface area (Å²) in [5.41, 5.74) is 1.38. The third-order valence-electron chi connectivity index (χ3n) is 5.30. The standard InChI is InChI=1S/C22H28N4O7S/c1-15-6-7-19(32-3)17(10-15)24-20(27)12-23-21(28)14-33-22(29)18-11-16(13-25(18)2)34(30,31)26-8-4-5-9-26/h6-7,10-11,13H,4-5,8-9,12,14H2,1-3H3,(H,23,28)(H,24,27). The number of hydrogen-bond acceptors (Lipinski definition) is 7. The Kier molecular flexibility index (Phi) is 7.94. The van der Waals surface area contributed by atoms with Crippen LogP contribution < -0.4 is 15.4 Å². The summed E-state index contributed by atoms with van der Waals surface area (Å²) >= 11 is 0. The van der Waals surface area contributed by atoms with Crippen molar-refractivity contribution in [3.8, 4) is 5.75 Å². The van der Waals surface area contributed by atoms with Crippen molar-refractivity contribution in [1.82, 2.24) is 14.2 Å². The van der Waals surface area contributed by atoms with Crippen LogP contribution in [-0.2, 0) is 31.4 Å². The van der Waals surface area contributed by atoms with Gasteiger partial charge in [0.2, 0.25) is 15.9 Å². The van der Waals surface area contributed by atoms with Crippen molar-refractivity contribution < 1.29 is 32.3 Å². The molecule has 2 amide bonds. The number of carbonyl (C=O) groups excluding carboxylic acids is 3. The van der Waals surface area contributed by atoms with Gasteiger partial charge in [-0.25, -0.2) is 13.2 Å². The SMILES string of the molecule is COc1ccc(C)cc1NC(=O)CNC(=O)COC(=O)c1cc(S(=O)(=O)N2CCCC2)cn1C. The van der Waals surface area contributed by atoms with Crippen LogP contribution in [0, 0.1) is 6.92 Å². The lowest BCUT2D eigenvalue weighted by Gasteiger charge is -2.13. The molecule has 1 fully saturated rings. The fraction of sp³-hybridized carbons (Fsp3) is 0.409. The number of benzene rings is 1. The summed E-state index contributed by atoms with van der Waals surface area (Å²) in [7, 11) is -0.687. The molecule has 11 nitrogen and oxygen atoms in total. The summed E-state index contributed by atoms with van der Waals surface area (Å²) in [6.45, 7) is 1.79. The molecule has 0 saturated carbocycles. The Hall–Kier alpha value is -3.38. The molecule has 2 aromatic rings. The van der Waals surface area contributed by atoms with Crippen LogP contribution in [0.2, 0.25) is 0 Å². The lowest BCUT2D eigenvalue weighted by Crippen LogP contribution is -2.35. The van der Waals surface area contributed by atoms with Crippen molar-refractivity contribution in [1.29, 1.82) is 0 Å². The highest BCUT2D eigenvalue weighted by atomic mass is 32.2. The van der Waals surface area contributed by atoms with Gasteiger partial charge in [-0.1, -0.05) is 6.07 Å². The van der Waals surface area contributed by atoms with E-state index in [1.54, 1.807) is 12.1 Å². The number of anilines is 1. The predicted molar refractivity (Wildman–Crippen MR) is 123 cm³/mol. The van der Waals surface area contributed by atoms with Crippen LogP contribution in [0.25, 0.3) is 0 Å². The van der Waals surface area contributed by atoms with Crippen LogP contribution in [0.4, 0.5) is 5.69 Å². The zero-order chi connectivity index (χ0) is 24.9. The highest BCUT2D eigenvalue weighted by molar-refractivity contribution is 7.89. The van der Waals surface area contributed by atoms with E-state index in [1.807, 2.05) is 13.0 Å². The van der Waals surface area contributed by atoms with Crippen molar-refractivity contribution in [3.63, 3.8) is 0 Å². The number of rotatable bonds is 9. The van der Waals surface area contributed by atoms with E-state index in [1.165, 1.54) is 35.3 Å². The lowest BCUT2D eigenvalue weighted by molar-refractivity contribution is -0.126. The Morgan fingerprint density at radius 1 is 1.09 bits per heavy atom. The molecule has 0 aliphatic carbocycles. The van der Waals surface area contributed by atoms with Gasteiger partial charge in [-0.15, -0.1) is 0 Å². The Balaban J connectivity index is 1.50. The number of amides is 2. The van der Waals surface area contributed by atoms with Crippen LogP contribution in [-0.4, -0.2) is 68.4 Å². The average Bonchev–Trinajstić information content (AvgIpc) is 3.47. The van der Waals surface area contributed by atoms with E-state index in [-0.39, 0.29) is 17.1 Å². The maximum Gasteiger partial charge on any atom is 0.355 e. The van der Waals surface area contributed by atoms with Crippen molar-refractivity contribution in [2.24, 2.45) is 7.05 Å². The minimum Gasteiger partial charge on any atom is -0.495 e. The summed E-state index contributed by atoms with van der Waals surface area (Å²) in [5, 5.41) is 5.01. The first-order valence-electron chi connectivity index (χ1n) is 10.7. The minimum atomic E-state index is -3.68. The van der Waals surface area contributed by atoms with Gasteiger partial charge in [0, 0.05) is 26.3 Å². The monoisotopic (exact) mass is 492 g/mol. The third-order valence-corrected chi connectivity index (χ3v) is 7.17. The van der Waals surface area contributed by atoms with E-state index < -0.39 is 34.4 Å². The topological polar surface area (TPSA) is 136 Å². The molecule has 12 heteroatoms. The first-order chi connectivity index (χ1) is 16.1. The second-order valence-electron chi connectivity index (χ2n) is 7.89. The molecule has 1 aliphatic heterocycles. The highest BCUT2D eigenvalue weighted by Crippen LogP contribution is 2.25. The molecule has 184 valence electrons. The second kappa shape index (κ2) is 10.7. The summed E-state index contributed by atoms with van der Waals surface area (Å²) in [6, 6.07) is 6.52. The number of nitrogens with zero attached hydrogens (tertiary/aromatic N) is 2. The highest BCUT2D eigenvalue weighted by Gasteiger charge is 2.29. The Labute approximate surface area is 198 Å². The van der Waals surface area contributed by atoms with Crippen LogP contribution in [0.5, 0.6) is 5.75 Å². The lowest BCUT2D eigenvalue weighted by atomic mass is 10.2. The number of aryl methyl sites for hydroxylation is 2. The van der Waals surface area contributed by atoms with Gasteiger partial charge in [0.1, 0.15) is 16.3 Å². The zero-order valence-electron chi connectivity index (χ0n) is 19.3. The van der Waals surface area contributed by atoms with E-state index in [0.29, 0.717) is 24.5 Å². The molecule has 34 heavy (non-hydrogen) atoms. The van der Waals surface area contributed by atoms with Crippen LogP contribution in [0.3, 0.4) is 0 Å². The van der Waals surface area contributed by atoms with E-state index >= 15 is 0 Å². The Morgan fingerprint density at radius 2 is 1.79 bits per heavy atom. The number of nitrogens with one attached hydrogen (secondary N) is 2. The zero-order valence-corrected chi connectivity index (χ0v) is 20.1. The molecule has 1 aromatic carbocycles. The van der Waals surface area contributed by atoms with E-state index in [9.17, 15) is 22.8 Å². The molecule has 2 N–H and O–H groups in total. The van der Waals surface area contributed by atoms with Gasteiger partial charge in [-0.2, -0.15) is 4.31 Å². The Bertz CT molecular complexity index is 1180. The molecule has 1 aliphatic rings. The molecule has 0 atom stereocenters. The second-order valence-corrected chi connectivity index (χ2v) is 9.83. The normalized spacial score (nSPS) is 14.0. The van der Waals surface area contributed by atoms with Gasteiger partial charge in [-0.05, 0) is 43.5 Å². The Morgan fingerprint density at radius 3 is 2.47 bits per heavy atom. The number of esters is 1. The molecular weight excluding hydrogens is 464 g/mol. The smallest absolute Gasteiger partial charge is 0.355 e. The molecular formula is C22H28N4O7S. The predicted octanol–water partition coefficient (Wildman–Crippen LogP) is 1.04. The van der Waals surface area contributed by atoms with Gasteiger partial charge in [0.25, 0.3) is 5.91 Å². The molecule has 0 radical (unpaired) electrons. The molecule has 0 bridgehead atoms. The molecule has 0 spiro atoms. The number of hydrogen-bond donors (Lipinski definition) is 2. The van der Waals surface area contributed by atoms with E-state index in [4.69, 9.17) is 9.47 Å². The number of methoxy groups -OCH3 is 1. The third kappa shape index (κ3) is 5.94.